The molecule has 1 aliphatic heterocycles. The Labute approximate surface area is 123 Å². The minimum atomic E-state index is 0. The highest BCUT2D eigenvalue weighted by atomic mass is 35.5. The van der Waals surface area contributed by atoms with Crippen molar-refractivity contribution in [2.24, 2.45) is 11.8 Å². The predicted molar refractivity (Wildman–Crippen MR) is 81.7 cm³/mol. The number of hydrogen-bond donors (Lipinski definition) is 2. The van der Waals surface area contributed by atoms with Crippen molar-refractivity contribution >= 4 is 18.3 Å². The van der Waals surface area contributed by atoms with E-state index in [1.165, 1.54) is 44.9 Å². The molecule has 0 aromatic carbocycles. The summed E-state index contributed by atoms with van der Waals surface area (Å²) in [4.78, 5) is 11.9. The van der Waals surface area contributed by atoms with Crippen molar-refractivity contribution < 1.29 is 4.79 Å². The largest absolute Gasteiger partial charge is 0.356 e. The smallest absolute Gasteiger partial charge is 0.220 e. The lowest BCUT2D eigenvalue weighted by Crippen LogP contribution is -2.28. The van der Waals surface area contributed by atoms with Gasteiger partial charge in [0.2, 0.25) is 5.91 Å². The van der Waals surface area contributed by atoms with Crippen molar-refractivity contribution in [1.82, 2.24) is 10.6 Å². The van der Waals surface area contributed by atoms with E-state index in [1.54, 1.807) is 0 Å². The highest BCUT2D eigenvalue weighted by molar-refractivity contribution is 5.85. The first-order valence-corrected chi connectivity index (χ1v) is 7.82. The number of carbonyl (C=O) groups is 1. The molecule has 1 unspecified atom stereocenters. The molecule has 0 bridgehead atoms. The second kappa shape index (κ2) is 9.60. The summed E-state index contributed by atoms with van der Waals surface area (Å²) in [5.41, 5.74) is 0. The summed E-state index contributed by atoms with van der Waals surface area (Å²) in [6.07, 6.45) is 11.1. The minimum Gasteiger partial charge on any atom is -0.356 e. The van der Waals surface area contributed by atoms with Crippen molar-refractivity contribution in [3.8, 4) is 0 Å². The molecule has 0 aromatic heterocycles. The van der Waals surface area contributed by atoms with Gasteiger partial charge in [0.25, 0.3) is 0 Å². The van der Waals surface area contributed by atoms with Gasteiger partial charge in [0, 0.05) is 13.0 Å². The minimum absolute atomic E-state index is 0. The van der Waals surface area contributed by atoms with Crippen LogP contribution in [0.15, 0.2) is 0 Å². The maximum atomic E-state index is 11.9. The molecule has 19 heavy (non-hydrogen) atoms. The predicted octanol–water partition coefficient (Wildman–Crippen LogP) is 2.88. The average Bonchev–Trinajstić information content (AvgIpc) is 2.74. The molecule has 0 radical (unpaired) electrons. The molecule has 2 aliphatic rings. The molecule has 3 nitrogen and oxygen atoms in total. The molecular weight excluding hydrogens is 260 g/mol. The van der Waals surface area contributed by atoms with E-state index in [0.29, 0.717) is 5.92 Å². The molecule has 1 saturated carbocycles. The van der Waals surface area contributed by atoms with Gasteiger partial charge in [-0.05, 0) is 50.6 Å². The van der Waals surface area contributed by atoms with Crippen LogP contribution >= 0.6 is 12.4 Å². The van der Waals surface area contributed by atoms with Gasteiger partial charge < -0.3 is 10.6 Å². The molecule has 4 heteroatoms. The fraction of sp³-hybridized carbons (Fsp3) is 0.933. The van der Waals surface area contributed by atoms with Crippen LogP contribution in [0.1, 0.15) is 57.8 Å². The third-order valence-electron chi connectivity index (χ3n) is 4.49. The number of carbonyl (C=O) groups excluding carboxylic acids is 1. The summed E-state index contributed by atoms with van der Waals surface area (Å²) in [6, 6.07) is 0. The molecule has 112 valence electrons. The molecule has 1 atom stereocenters. The van der Waals surface area contributed by atoms with Crippen molar-refractivity contribution in [2.45, 2.75) is 57.8 Å². The number of nitrogens with one attached hydrogen (secondary N) is 2. The summed E-state index contributed by atoms with van der Waals surface area (Å²) in [5.74, 6) is 1.72. The molecule has 1 heterocycles. The van der Waals surface area contributed by atoms with Gasteiger partial charge in [0.1, 0.15) is 0 Å². The SMILES string of the molecule is Cl.O=C(CC1CCCCCC1)NCCC1CCNC1. The normalized spacial score (nSPS) is 24.5. The van der Waals surface area contributed by atoms with Crippen LogP contribution in [0.2, 0.25) is 0 Å². The first-order valence-electron chi connectivity index (χ1n) is 7.82. The van der Waals surface area contributed by atoms with Crippen LogP contribution in [0.4, 0.5) is 0 Å². The maximum Gasteiger partial charge on any atom is 0.220 e. The first-order chi connectivity index (χ1) is 8.84. The van der Waals surface area contributed by atoms with Crippen LogP contribution in [0.25, 0.3) is 0 Å². The molecule has 2 fully saturated rings. The van der Waals surface area contributed by atoms with Gasteiger partial charge in [0.15, 0.2) is 0 Å². The van der Waals surface area contributed by atoms with Gasteiger partial charge in [0.05, 0.1) is 0 Å². The molecule has 2 rings (SSSR count). The van der Waals surface area contributed by atoms with Crippen LogP contribution in [-0.2, 0) is 4.79 Å². The quantitative estimate of drug-likeness (QED) is 0.764. The topological polar surface area (TPSA) is 41.1 Å². The third-order valence-corrected chi connectivity index (χ3v) is 4.49. The second-order valence-electron chi connectivity index (χ2n) is 6.06. The Hall–Kier alpha value is -0.280. The fourth-order valence-corrected chi connectivity index (χ4v) is 3.28. The Morgan fingerprint density at radius 1 is 1.05 bits per heavy atom. The zero-order valence-corrected chi connectivity index (χ0v) is 12.8. The van der Waals surface area contributed by atoms with Gasteiger partial charge in [-0.15, -0.1) is 12.4 Å². The zero-order valence-electron chi connectivity index (χ0n) is 12.0. The zero-order chi connectivity index (χ0) is 12.6. The lowest BCUT2D eigenvalue weighted by Gasteiger charge is -2.14. The number of rotatable bonds is 5. The van der Waals surface area contributed by atoms with E-state index >= 15 is 0 Å². The standard InChI is InChI=1S/C15H28N2O.ClH/c18-15(11-13-5-3-1-2-4-6-13)17-10-8-14-7-9-16-12-14;/h13-14,16H,1-12H2,(H,17,18);1H. The molecule has 2 N–H and O–H groups in total. The molecule has 1 amide bonds. The van der Waals surface area contributed by atoms with Gasteiger partial charge in [-0.3, -0.25) is 4.79 Å². The molecule has 1 saturated heterocycles. The number of amides is 1. The summed E-state index contributed by atoms with van der Waals surface area (Å²) >= 11 is 0. The molecule has 1 aliphatic carbocycles. The monoisotopic (exact) mass is 288 g/mol. The number of halogens is 1. The second-order valence-corrected chi connectivity index (χ2v) is 6.06. The van der Waals surface area contributed by atoms with E-state index in [0.717, 1.165) is 38.4 Å². The Kier molecular flexibility index (Phi) is 8.47. The van der Waals surface area contributed by atoms with Crippen molar-refractivity contribution in [3.05, 3.63) is 0 Å². The Morgan fingerprint density at radius 2 is 1.79 bits per heavy atom. The van der Waals surface area contributed by atoms with Gasteiger partial charge >= 0.3 is 0 Å². The Bertz CT molecular complexity index is 247. The molecule has 0 aromatic rings. The molecule has 0 spiro atoms. The third kappa shape index (κ3) is 6.62. The van der Waals surface area contributed by atoms with Crippen LogP contribution in [0, 0.1) is 11.8 Å². The van der Waals surface area contributed by atoms with Crippen molar-refractivity contribution in [3.63, 3.8) is 0 Å². The van der Waals surface area contributed by atoms with Gasteiger partial charge in [-0.1, -0.05) is 25.7 Å². The van der Waals surface area contributed by atoms with E-state index < -0.39 is 0 Å². The summed E-state index contributed by atoms with van der Waals surface area (Å²) < 4.78 is 0. The summed E-state index contributed by atoms with van der Waals surface area (Å²) in [5, 5.41) is 6.48. The Balaban J connectivity index is 0.00000180. The van der Waals surface area contributed by atoms with E-state index in [9.17, 15) is 4.79 Å². The van der Waals surface area contributed by atoms with Crippen LogP contribution in [-0.4, -0.2) is 25.5 Å². The lowest BCUT2D eigenvalue weighted by atomic mass is 9.96. The summed E-state index contributed by atoms with van der Waals surface area (Å²) in [6.45, 7) is 3.16. The highest BCUT2D eigenvalue weighted by Gasteiger charge is 2.17. The van der Waals surface area contributed by atoms with Crippen molar-refractivity contribution in [1.29, 1.82) is 0 Å². The van der Waals surface area contributed by atoms with Crippen LogP contribution < -0.4 is 10.6 Å². The van der Waals surface area contributed by atoms with Crippen molar-refractivity contribution in [2.75, 3.05) is 19.6 Å². The lowest BCUT2D eigenvalue weighted by molar-refractivity contribution is -0.122. The molecular formula is C15H29ClN2O. The van der Waals surface area contributed by atoms with E-state index in [2.05, 4.69) is 10.6 Å². The first kappa shape index (κ1) is 16.8. The number of hydrogen-bond acceptors (Lipinski definition) is 2. The van der Waals surface area contributed by atoms with E-state index in [-0.39, 0.29) is 18.3 Å². The Morgan fingerprint density at radius 3 is 2.42 bits per heavy atom. The fourth-order valence-electron chi connectivity index (χ4n) is 3.28. The van der Waals surface area contributed by atoms with Gasteiger partial charge in [-0.2, -0.15) is 0 Å². The summed E-state index contributed by atoms with van der Waals surface area (Å²) in [7, 11) is 0. The van der Waals surface area contributed by atoms with E-state index in [4.69, 9.17) is 0 Å². The highest BCUT2D eigenvalue weighted by Crippen LogP contribution is 2.25. The van der Waals surface area contributed by atoms with Crippen LogP contribution in [0.5, 0.6) is 0 Å². The van der Waals surface area contributed by atoms with Crippen LogP contribution in [0.3, 0.4) is 0 Å². The maximum absolute atomic E-state index is 11.9. The average molecular weight is 289 g/mol. The van der Waals surface area contributed by atoms with E-state index in [1.807, 2.05) is 0 Å². The van der Waals surface area contributed by atoms with Gasteiger partial charge in [-0.25, -0.2) is 0 Å².